The smallest absolute Gasteiger partial charge is 0.237 e. The van der Waals surface area contributed by atoms with Gasteiger partial charge in [0.05, 0.1) is 6.04 Å². The van der Waals surface area contributed by atoms with Gasteiger partial charge in [0.15, 0.2) is 0 Å². The molecule has 3 atom stereocenters. The Labute approximate surface area is 111 Å². The van der Waals surface area contributed by atoms with E-state index in [1.807, 2.05) is 20.8 Å². The van der Waals surface area contributed by atoms with Crippen molar-refractivity contribution in [3.63, 3.8) is 0 Å². The van der Waals surface area contributed by atoms with Crippen molar-refractivity contribution in [2.24, 2.45) is 11.8 Å². The van der Waals surface area contributed by atoms with Gasteiger partial charge in [-0.15, -0.1) is 0 Å². The summed E-state index contributed by atoms with van der Waals surface area (Å²) in [6.45, 7) is 11.3. The minimum atomic E-state index is -0.103. The number of amides is 1. The van der Waals surface area contributed by atoms with Gasteiger partial charge in [-0.2, -0.15) is 0 Å². The molecule has 3 nitrogen and oxygen atoms in total. The average Bonchev–Trinajstić information content (AvgIpc) is 2.23. The topological polar surface area (TPSA) is 41.1 Å². The van der Waals surface area contributed by atoms with Crippen LogP contribution in [0.15, 0.2) is 11.6 Å². The van der Waals surface area contributed by atoms with Crippen LogP contribution in [0.4, 0.5) is 0 Å². The number of carbonyl (C=O) groups is 1. The van der Waals surface area contributed by atoms with Gasteiger partial charge in [-0.1, -0.05) is 18.6 Å². The molecule has 0 saturated carbocycles. The van der Waals surface area contributed by atoms with Crippen LogP contribution in [0.2, 0.25) is 0 Å². The zero-order chi connectivity index (χ0) is 13.7. The number of allylic oxidation sites excluding steroid dienone is 2. The van der Waals surface area contributed by atoms with Crippen LogP contribution in [0.3, 0.4) is 0 Å². The van der Waals surface area contributed by atoms with E-state index in [4.69, 9.17) is 0 Å². The standard InChI is InChI=1S/C15H28N2O/c1-10(2)17-15(18)13(5)16-9-14-7-11(3)6-12(4)8-14/h6,10-11,13-14,16H,7-9H2,1-5H3,(H,17,18). The highest BCUT2D eigenvalue weighted by molar-refractivity contribution is 5.81. The van der Waals surface area contributed by atoms with Gasteiger partial charge in [-0.25, -0.2) is 0 Å². The number of hydrogen-bond acceptors (Lipinski definition) is 2. The number of nitrogens with one attached hydrogen (secondary N) is 2. The average molecular weight is 252 g/mol. The molecule has 1 rings (SSSR count). The maximum absolute atomic E-state index is 11.8. The largest absolute Gasteiger partial charge is 0.353 e. The van der Waals surface area contributed by atoms with E-state index in [0.717, 1.165) is 13.0 Å². The van der Waals surface area contributed by atoms with Gasteiger partial charge in [0.1, 0.15) is 0 Å². The van der Waals surface area contributed by atoms with E-state index in [0.29, 0.717) is 11.8 Å². The quantitative estimate of drug-likeness (QED) is 0.738. The van der Waals surface area contributed by atoms with Gasteiger partial charge >= 0.3 is 0 Å². The predicted octanol–water partition coefficient (Wildman–Crippen LogP) is 2.48. The molecule has 3 heteroatoms. The third kappa shape index (κ3) is 5.21. The molecule has 0 spiro atoms. The summed E-state index contributed by atoms with van der Waals surface area (Å²) in [4.78, 5) is 11.8. The van der Waals surface area contributed by atoms with Crippen LogP contribution in [-0.4, -0.2) is 24.5 Å². The lowest BCUT2D eigenvalue weighted by Crippen LogP contribution is -2.46. The summed E-state index contributed by atoms with van der Waals surface area (Å²) >= 11 is 0. The van der Waals surface area contributed by atoms with E-state index in [9.17, 15) is 4.79 Å². The molecule has 2 N–H and O–H groups in total. The molecule has 0 radical (unpaired) electrons. The first-order valence-electron chi connectivity index (χ1n) is 7.09. The minimum Gasteiger partial charge on any atom is -0.353 e. The van der Waals surface area contributed by atoms with Crippen molar-refractivity contribution in [1.82, 2.24) is 10.6 Å². The molecular weight excluding hydrogens is 224 g/mol. The van der Waals surface area contributed by atoms with Crippen molar-refractivity contribution < 1.29 is 4.79 Å². The van der Waals surface area contributed by atoms with Gasteiger partial charge in [0, 0.05) is 6.04 Å². The van der Waals surface area contributed by atoms with Crippen LogP contribution in [-0.2, 0) is 4.79 Å². The van der Waals surface area contributed by atoms with E-state index in [1.165, 1.54) is 12.0 Å². The summed E-state index contributed by atoms with van der Waals surface area (Å²) in [6.07, 6.45) is 4.75. The van der Waals surface area contributed by atoms with Gasteiger partial charge < -0.3 is 10.6 Å². The van der Waals surface area contributed by atoms with Crippen LogP contribution >= 0.6 is 0 Å². The fourth-order valence-electron chi connectivity index (χ4n) is 2.69. The normalized spacial score (nSPS) is 25.8. The fraction of sp³-hybridized carbons (Fsp3) is 0.800. The Balaban J connectivity index is 2.32. The van der Waals surface area contributed by atoms with Crippen LogP contribution in [0, 0.1) is 11.8 Å². The molecule has 0 saturated heterocycles. The Hall–Kier alpha value is -0.830. The van der Waals surface area contributed by atoms with Crippen LogP contribution < -0.4 is 10.6 Å². The lowest BCUT2D eigenvalue weighted by atomic mass is 9.83. The van der Waals surface area contributed by atoms with Crippen molar-refractivity contribution in [2.75, 3.05) is 6.54 Å². The third-order valence-electron chi connectivity index (χ3n) is 3.42. The van der Waals surface area contributed by atoms with Crippen molar-refractivity contribution in [3.8, 4) is 0 Å². The van der Waals surface area contributed by atoms with E-state index in [-0.39, 0.29) is 18.0 Å². The molecule has 0 fully saturated rings. The summed E-state index contributed by atoms with van der Waals surface area (Å²) in [7, 11) is 0. The highest BCUT2D eigenvalue weighted by Crippen LogP contribution is 2.27. The highest BCUT2D eigenvalue weighted by atomic mass is 16.2. The molecule has 0 aromatic heterocycles. The SMILES string of the molecule is CC1=CC(C)CC(CNC(C)C(=O)NC(C)C)C1. The first-order valence-corrected chi connectivity index (χ1v) is 7.09. The zero-order valence-electron chi connectivity index (χ0n) is 12.4. The number of hydrogen-bond donors (Lipinski definition) is 2. The van der Waals surface area contributed by atoms with Crippen LogP contribution in [0.1, 0.15) is 47.5 Å². The molecule has 0 aromatic rings. The second-order valence-electron chi connectivity index (χ2n) is 6.09. The number of carbonyl (C=O) groups excluding carboxylic acids is 1. The van der Waals surface area contributed by atoms with Gasteiger partial charge in [-0.3, -0.25) is 4.79 Å². The first-order chi connectivity index (χ1) is 8.38. The third-order valence-corrected chi connectivity index (χ3v) is 3.42. The van der Waals surface area contributed by atoms with Crippen molar-refractivity contribution in [2.45, 2.75) is 59.5 Å². The number of rotatable bonds is 5. The Morgan fingerprint density at radius 1 is 1.44 bits per heavy atom. The van der Waals surface area contributed by atoms with Crippen molar-refractivity contribution in [3.05, 3.63) is 11.6 Å². The van der Waals surface area contributed by atoms with Gasteiger partial charge in [0.2, 0.25) is 5.91 Å². The summed E-state index contributed by atoms with van der Waals surface area (Å²) in [6, 6.07) is 0.107. The minimum absolute atomic E-state index is 0.0983. The molecule has 1 aliphatic carbocycles. The Bertz CT molecular complexity index is 310. The predicted molar refractivity (Wildman–Crippen MR) is 76.4 cm³/mol. The molecule has 3 unspecified atom stereocenters. The van der Waals surface area contributed by atoms with Gasteiger partial charge in [-0.05, 0) is 58.9 Å². The zero-order valence-corrected chi connectivity index (χ0v) is 12.4. The Kier molecular flexibility index (Phi) is 5.86. The molecule has 18 heavy (non-hydrogen) atoms. The molecule has 1 amide bonds. The van der Waals surface area contributed by atoms with Crippen LogP contribution in [0.25, 0.3) is 0 Å². The molecule has 0 bridgehead atoms. The summed E-state index contributed by atoms with van der Waals surface area (Å²) in [5.41, 5.74) is 1.49. The second-order valence-corrected chi connectivity index (χ2v) is 6.09. The van der Waals surface area contributed by atoms with E-state index in [1.54, 1.807) is 0 Å². The van der Waals surface area contributed by atoms with Crippen molar-refractivity contribution >= 4 is 5.91 Å². The summed E-state index contributed by atoms with van der Waals surface area (Å²) < 4.78 is 0. The fourth-order valence-corrected chi connectivity index (χ4v) is 2.69. The molecule has 104 valence electrons. The molecule has 0 aliphatic heterocycles. The van der Waals surface area contributed by atoms with E-state index < -0.39 is 0 Å². The molecule has 1 aliphatic rings. The molecular formula is C15H28N2O. The lowest BCUT2D eigenvalue weighted by Gasteiger charge is -2.27. The summed E-state index contributed by atoms with van der Waals surface area (Å²) in [5, 5.41) is 6.29. The maximum Gasteiger partial charge on any atom is 0.237 e. The monoisotopic (exact) mass is 252 g/mol. The van der Waals surface area contributed by atoms with E-state index in [2.05, 4.69) is 30.6 Å². The molecule has 0 heterocycles. The maximum atomic E-state index is 11.8. The Morgan fingerprint density at radius 3 is 2.67 bits per heavy atom. The second kappa shape index (κ2) is 6.93. The molecule has 0 aromatic carbocycles. The Morgan fingerprint density at radius 2 is 2.11 bits per heavy atom. The summed E-state index contributed by atoms with van der Waals surface area (Å²) in [5.74, 6) is 1.44. The lowest BCUT2D eigenvalue weighted by molar-refractivity contribution is -0.123. The van der Waals surface area contributed by atoms with Crippen molar-refractivity contribution in [1.29, 1.82) is 0 Å². The van der Waals surface area contributed by atoms with Gasteiger partial charge in [0.25, 0.3) is 0 Å². The highest BCUT2D eigenvalue weighted by Gasteiger charge is 2.20. The van der Waals surface area contributed by atoms with Crippen LogP contribution in [0.5, 0.6) is 0 Å². The first kappa shape index (κ1) is 15.2. The van der Waals surface area contributed by atoms with E-state index >= 15 is 0 Å².